The number of hydrogen-bond donors (Lipinski definition) is 3. The number of amides is 2. The number of rotatable bonds is 9. The fourth-order valence-electron chi connectivity index (χ4n) is 4.60. The normalized spacial score (nSPS) is 18.7. The molecule has 2 aromatic rings. The lowest BCUT2D eigenvalue weighted by molar-refractivity contribution is 0.0401. The number of urea groups is 1. The van der Waals surface area contributed by atoms with Crippen LogP contribution in [0.5, 0.6) is 0 Å². The van der Waals surface area contributed by atoms with Gasteiger partial charge in [-0.15, -0.1) is 0 Å². The summed E-state index contributed by atoms with van der Waals surface area (Å²) < 4.78 is 20.0. The Morgan fingerprint density at radius 1 is 1.27 bits per heavy atom. The number of aromatic nitrogens is 2. The second kappa shape index (κ2) is 12.8. The number of nitrogens with one attached hydrogen (secondary N) is 2. The molecule has 202 valence electrons. The average molecular weight is 517 g/mol. The Hall–Kier alpha value is -3.21. The molecule has 1 aliphatic heterocycles. The summed E-state index contributed by atoms with van der Waals surface area (Å²) in [5, 5.41) is 22.4. The number of halogens is 1. The number of carbonyl (C=O) groups excluding carboxylic acids is 1. The fraction of sp³-hybridized carbons (Fsp3) is 0.615. The molecule has 37 heavy (non-hydrogen) atoms. The van der Waals surface area contributed by atoms with E-state index in [1.54, 1.807) is 6.07 Å². The third kappa shape index (κ3) is 7.41. The minimum absolute atomic E-state index is 0.00950. The lowest BCUT2D eigenvalue weighted by atomic mass is 9.83. The van der Waals surface area contributed by atoms with Gasteiger partial charge in [0.1, 0.15) is 11.9 Å². The summed E-state index contributed by atoms with van der Waals surface area (Å²) in [6.07, 6.45) is 5.61. The highest BCUT2D eigenvalue weighted by Crippen LogP contribution is 2.33. The number of aliphatic hydroxyl groups is 1. The predicted molar refractivity (Wildman–Crippen MR) is 138 cm³/mol. The molecule has 0 unspecified atom stereocenters. The van der Waals surface area contributed by atoms with Crippen LogP contribution in [-0.4, -0.2) is 59.3 Å². The molecular formula is C26H37FN6O4. The van der Waals surface area contributed by atoms with Crippen LogP contribution in [0, 0.1) is 5.82 Å². The first-order chi connectivity index (χ1) is 17.9. The van der Waals surface area contributed by atoms with Crippen molar-refractivity contribution in [2.45, 2.75) is 76.7 Å². The standard InChI is InChI=1S/C26H37FN6O4/c1-17(2)24-30-26(37-32-24)33-13-10-21(11-14-33)36-31-20-7-4-18(5-8-20)19-6-9-23(22(27)16-19)29-25(35)28-12-3-15-34/h6,9,16-18,21,34H,3-5,7-8,10-15H2,1-2H3,(H2,28,29,35). The van der Waals surface area contributed by atoms with Crippen LogP contribution in [0.25, 0.3) is 0 Å². The van der Waals surface area contributed by atoms with E-state index in [4.69, 9.17) is 14.5 Å². The van der Waals surface area contributed by atoms with Crippen LogP contribution in [0.1, 0.15) is 82.0 Å². The summed E-state index contributed by atoms with van der Waals surface area (Å²) in [4.78, 5) is 24.3. The SMILES string of the molecule is CC(C)c1noc(N2CCC(ON=C3CCC(c4ccc(NC(=O)NCCCO)c(F)c4)CC3)CC2)n1. The van der Waals surface area contributed by atoms with Crippen LogP contribution in [0.15, 0.2) is 27.9 Å². The summed E-state index contributed by atoms with van der Waals surface area (Å²) in [6, 6.07) is 5.07. The number of aliphatic hydroxyl groups excluding tert-OH is 1. The van der Waals surface area contributed by atoms with Crippen molar-refractivity contribution in [1.29, 1.82) is 0 Å². The Balaban J connectivity index is 1.20. The number of piperidine rings is 1. The van der Waals surface area contributed by atoms with E-state index in [-0.39, 0.29) is 30.2 Å². The summed E-state index contributed by atoms with van der Waals surface area (Å²) in [5.74, 6) is 0.753. The minimum atomic E-state index is -0.487. The highest BCUT2D eigenvalue weighted by atomic mass is 19.1. The van der Waals surface area contributed by atoms with Crippen LogP contribution in [0.4, 0.5) is 20.9 Å². The van der Waals surface area contributed by atoms with Crippen molar-refractivity contribution >= 4 is 23.4 Å². The van der Waals surface area contributed by atoms with Gasteiger partial charge in [0.05, 0.1) is 11.4 Å². The quantitative estimate of drug-likeness (QED) is 0.330. The van der Waals surface area contributed by atoms with E-state index in [9.17, 15) is 9.18 Å². The first-order valence-electron chi connectivity index (χ1n) is 13.2. The van der Waals surface area contributed by atoms with Crippen LogP contribution in [0.3, 0.4) is 0 Å². The fourth-order valence-corrected chi connectivity index (χ4v) is 4.60. The molecule has 2 amide bonds. The molecule has 1 saturated carbocycles. The zero-order valence-corrected chi connectivity index (χ0v) is 21.6. The van der Waals surface area contributed by atoms with E-state index < -0.39 is 11.8 Å². The highest BCUT2D eigenvalue weighted by molar-refractivity contribution is 5.89. The van der Waals surface area contributed by atoms with Crippen LogP contribution < -0.4 is 15.5 Å². The van der Waals surface area contributed by atoms with Gasteiger partial charge in [0.15, 0.2) is 5.82 Å². The molecular weight excluding hydrogens is 479 g/mol. The zero-order chi connectivity index (χ0) is 26.2. The minimum Gasteiger partial charge on any atom is -0.396 e. The van der Waals surface area contributed by atoms with Gasteiger partial charge < -0.3 is 30.0 Å². The summed E-state index contributed by atoms with van der Waals surface area (Å²) in [7, 11) is 0. The lowest BCUT2D eigenvalue weighted by Gasteiger charge is -2.29. The second-order valence-corrected chi connectivity index (χ2v) is 10.0. The molecule has 2 heterocycles. The van der Waals surface area contributed by atoms with Crippen molar-refractivity contribution < 1.29 is 23.7 Å². The number of hydrogen-bond acceptors (Lipinski definition) is 8. The van der Waals surface area contributed by atoms with E-state index in [1.807, 2.05) is 19.9 Å². The van der Waals surface area contributed by atoms with Crippen LogP contribution in [-0.2, 0) is 4.84 Å². The van der Waals surface area contributed by atoms with Gasteiger partial charge in [-0.1, -0.05) is 30.2 Å². The van der Waals surface area contributed by atoms with E-state index in [0.717, 1.165) is 68.7 Å². The molecule has 0 atom stereocenters. The monoisotopic (exact) mass is 516 g/mol. The van der Waals surface area contributed by atoms with Gasteiger partial charge in [-0.25, -0.2) is 9.18 Å². The van der Waals surface area contributed by atoms with Gasteiger partial charge in [0.2, 0.25) is 0 Å². The van der Waals surface area contributed by atoms with Gasteiger partial charge in [-0.3, -0.25) is 0 Å². The molecule has 3 N–H and O–H groups in total. The third-order valence-corrected chi connectivity index (χ3v) is 6.89. The van der Waals surface area contributed by atoms with Gasteiger partial charge in [-0.05, 0) is 55.7 Å². The van der Waals surface area contributed by atoms with E-state index in [1.165, 1.54) is 6.07 Å². The lowest BCUT2D eigenvalue weighted by Crippen LogP contribution is -2.36. The Morgan fingerprint density at radius 3 is 2.68 bits per heavy atom. The smallest absolute Gasteiger partial charge is 0.324 e. The van der Waals surface area contributed by atoms with Gasteiger partial charge in [-0.2, -0.15) is 4.98 Å². The van der Waals surface area contributed by atoms with Gasteiger partial charge in [0.25, 0.3) is 0 Å². The summed E-state index contributed by atoms with van der Waals surface area (Å²) in [5.41, 5.74) is 2.12. The summed E-state index contributed by atoms with van der Waals surface area (Å²) >= 11 is 0. The highest BCUT2D eigenvalue weighted by Gasteiger charge is 2.26. The number of oxime groups is 1. The topological polar surface area (TPSA) is 125 Å². The van der Waals surface area contributed by atoms with E-state index in [2.05, 4.69) is 30.8 Å². The first-order valence-corrected chi connectivity index (χ1v) is 13.2. The van der Waals surface area contributed by atoms with E-state index in [0.29, 0.717) is 19.0 Å². The molecule has 1 aliphatic carbocycles. The van der Waals surface area contributed by atoms with Crippen LogP contribution in [0.2, 0.25) is 0 Å². The first kappa shape index (κ1) is 26.8. The Bertz CT molecular complexity index is 1060. The zero-order valence-electron chi connectivity index (χ0n) is 21.6. The average Bonchev–Trinajstić information content (AvgIpc) is 3.40. The van der Waals surface area contributed by atoms with Crippen molar-refractivity contribution in [3.05, 3.63) is 35.4 Å². The Kier molecular flexibility index (Phi) is 9.32. The van der Waals surface area contributed by atoms with Crippen molar-refractivity contribution in [3.8, 4) is 0 Å². The maximum Gasteiger partial charge on any atom is 0.324 e. The Morgan fingerprint density at radius 2 is 2.03 bits per heavy atom. The number of nitrogens with zero attached hydrogens (tertiary/aromatic N) is 4. The third-order valence-electron chi connectivity index (χ3n) is 6.89. The molecule has 2 fully saturated rings. The van der Waals surface area contributed by atoms with Gasteiger partial charge >= 0.3 is 12.0 Å². The molecule has 1 saturated heterocycles. The molecule has 0 radical (unpaired) electrons. The molecule has 0 spiro atoms. The molecule has 10 nitrogen and oxygen atoms in total. The number of anilines is 2. The number of carbonyl (C=O) groups is 1. The van der Waals surface area contributed by atoms with Crippen molar-refractivity contribution in [2.24, 2.45) is 5.16 Å². The van der Waals surface area contributed by atoms with Crippen molar-refractivity contribution in [2.75, 3.05) is 36.5 Å². The maximum atomic E-state index is 14.6. The summed E-state index contributed by atoms with van der Waals surface area (Å²) in [6.45, 7) is 5.98. The molecule has 2 aliphatic rings. The van der Waals surface area contributed by atoms with E-state index >= 15 is 0 Å². The Labute approximate surface area is 216 Å². The predicted octanol–water partition coefficient (Wildman–Crippen LogP) is 4.54. The molecule has 4 rings (SSSR count). The van der Waals surface area contributed by atoms with Crippen molar-refractivity contribution in [3.63, 3.8) is 0 Å². The molecule has 1 aromatic heterocycles. The van der Waals surface area contributed by atoms with Gasteiger partial charge in [0, 0.05) is 45.0 Å². The number of benzene rings is 1. The van der Waals surface area contributed by atoms with Crippen LogP contribution >= 0.6 is 0 Å². The maximum absolute atomic E-state index is 14.6. The second-order valence-electron chi connectivity index (χ2n) is 10.0. The van der Waals surface area contributed by atoms with Crippen molar-refractivity contribution in [1.82, 2.24) is 15.5 Å². The molecule has 1 aromatic carbocycles. The molecule has 0 bridgehead atoms. The largest absolute Gasteiger partial charge is 0.396 e. The molecule has 11 heteroatoms.